The first kappa shape index (κ1) is 24.2. The minimum Gasteiger partial charge on any atom is -0.379 e. The minimum absolute atomic E-state index is 0.751. The molecule has 0 atom stereocenters. The van der Waals surface area contributed by atoms with Crippen LogP contribution in [0.4, 0.5) is 0 Å². The van der Waals surface area contributed by atoms with Crippen molar-refractivity contribution in [2.45, 2.75) is 40.0 Å². The Morgan fingerprint density at radius 1 is 0.906 bits per heavy atom. The van der Waals surface area contributed by atoms with Crippen LogP contribution in [0.25, 0.3) is 0 Å². The quantitative estimate of drug-likeness (QED) is 0.442. The lowest BCUT2D eigenvalue weighted by Crippen LogP contribution is -2.37. The van der Waals surface area contributed by atoms with E-state index in [0.29, 0.717) is 0 Å². The molecule has 6 heteroatoms. The van der Waals surface area contributed by atoms with Crippen LogP contribution in [0.1, 0.15) is 36.1 Å². The fraction of sp³-hybridized carbons (Fsp3) is 0.500. The SMILES string of the molecule is CCN(CC)Cc1ccc(CNC(=NC)NCc2ccccc2CN2CCOCC2)cc1. The van der Waals surface area contributed by atoms with E-state index in [4.69, 9.17) is 4.74 Å². The van der Waals surface area contributed by atoms with E-state index in [0.717, 1.165) is 71.5 Å². The molecule has 2 aromatic rings. The van der Waals surface area contributed by atoms with Crippen molar-refractivity contribution in [1.82, 2.24) is 20.4 Å². The monoisotopic (exact) mass is 437 g/mol. The van der Waals surface area contributed by atoms with Crippen molar-refractivity contribution in [3.05, 3.63) is 70.8 Å². The number of rotatable bonds is 10. The van der Waals surface area contributed by atoms with Crippen LogP contribution in [0.15, 0.2) is 53.5 Å². The predicted octanol–water partition coefficient (Wildman–Crippen LogP) is 3.23. The number of hydrogen-bond donors (Lipinski definition) is 2. The van der Waals surface area contributed by atoms with Crippen molar-refractivity contribution >= 4 is 5.96 Å². The highest BCUT2D eigenvalue weighted by molar-refractivity contribution is 5.79. The van der Waals surface area contributed by atoms with E-state index in [9.17, 15) is 0 Å². The van der Waals surface area contributed by atoms with Crippen LogP contribution in [0.2, 0.25) is 0 Å². The molecule has 0 aliphatic carbocycles. The molecule has 1 heterocycles. The van der Waals surface area contributed by atoms with Crippen molar-refractivity contribution in [3.8, 4) is 0 Å². The predicted molar refractivity (Wildman–Crippen MR) is 133 cm³/mol. The highest BCUT2D eigenvalue weighted by Gasteiger charge is 2.13. The summed E-state index contributed by atoms with van der Waals surface area (Å²) in [7, 11) is 1.82. The average molecular weight is 438 g/mol. The Hall–Kier alpha value is -2.41. The van der Waals surface area contributed by atoms with E-state index < -0.39 is 0 Å². The van der Waals surface area contributed by atoms with Gasteiger partial charge in [-0.1, -0.05) is 62.4 Å². The third-order valence-electron chi connectivity index (χ3n) is 6.07. The molecule has 1 saturated heterocycles. The summed E-state index contributed by atoms with van der Waals surface area (Å²) in [5, 5.41) is 6.92. The summed E-state index contributed by atoms with van der Waals surface area (Å²) in [5.74, 6) is 0.818. The van der Waals surface area contributed by atoms with E-state index >= 15 is 0 Å². The molecule has 0 radical (unpaired) electrons. The maximum absolute atomic E-state index is 5.48. The smallest absolute Gasteiger partial charge is 0.191 e. The molecule has 1 aliphatic heterocycles. The molecular formula is C26H39N5O. The van der Waals surface area contributed by atoms with Crippen LogP contribution in [-0.2, 0) is 30.9 Å². The Bertz CT molecular complexity index is 826. The standard InChI is InChI=1S/C26H39N5O/c1-4-30(5-2)20-23-12-10-22(11-13-23)18-28-26(27-3)29-19-24-8-6-7-9-25(24)21-31-14-16-32-17-15-31/h6-13H,4-5,14-21H2,1-3H3,(H2,27,28,29). The van der Waals surface area contributed by atoms with Gasteiger partial charge in [-0.05, 0) is 35.3 Å². The summed E-state index contributed by atoms with van der Waals surface area (Å²) in [4.78, 5) is 9.29. The van der Waals surface area contributed by atoms with Gasteiger partial charge in [0.2, 0.25) is 0 Å². The van der Waals surface area contributed by atoms with E-state index in [-0.39, 0.29) is 0 Å². The number of hydrogen-bond acceptors (Lipinski definition) is 4. The lowest BCUT2D eigenvalue weighted by molar-refractivity contribution is 0.0341. The maximum atomic E-state index is 5.48. The number of benzene rings is 2. The Kier molecular flexibility index (Phi) is 10.0. The number of morpholine rings is 1. The summed E-state index contributed by atoms with van der Waals surface area (Å²) in [6.45, 7) is 13.7. The molecule has 0 amide bonds. The normalized spacial score (nSPS) is 15.2. The van der Waals surface area contributed by atoms with Crippen LogP contribution < -0.4 is 10.6 Å². The lowest BCUT2D eigenvalue weighted by atomic mass is 10.1. The molecule has 0 spiro atoms. The van der Waals surface area contributed by atoms with Gasteiger partial charge in [-0.2, -0.15) is 0 Å². The Labute approximate surface area is 193 Å². The summed E-state index contributed by atoms with van der Waals surface area (Å²) in [5.41, 5.74) is 5.28. The number of nitrogens with one attached hydrogen (secondary N) is 2. The van der Waals surface area contributed by atoms with Crippen LogP contribution in [0.3, 0.4) is 0 Å². The second-order valence-corrected chi connectivity index (χ2v) is 8.21. The van der Waals surface area contributed by atoms with Gasteiger partial charge in [0, 0.05) is 46.3 Å². The van der Waals surface area contributed by atoms with Crippen LogP contribution in [0.5, 0.6) is 0 Å². The zero-order chi connectivity index (χ0) is 22.6. The fourth-order valence-electron chi connectivity index (χ4n) is 3.94. The van der Waals surface area contributed by atoms with Gasteiger partial charge in [-0.15, -0.1) is 0 Å². The first-order valence-electron chi connectivity index (χ1n) is 11.8. The summed E-state index contributed by atoms with van der Waals surface area (Å²) < 4.78 is 5.48. The molecule has 6 nitrogen and oxygen atoms in total. The maximum Gasteiger partial charge on any atom is 0.191 e. The minimum atomic E-state index is 0.751. The molecule has 1 fully saturated rings. The van der Waals surface area contributed by atoms with Gasteiger partial charge in [-0.3, -0.25) is 14.8 Å². The summed E-state index contributed by atoms with van der Waals surface area (Å²) in [6, 6.07) is 17.5. The third kappa shape index (κ3) is 7.62. The number of ether oxygens (including phenoxy) is 1. The molecule has 1 aliphatic rings. The molecule has 2 aromatic carbocycles. The molecule has 0 saturated carbocycles. The van der Waals surface area contributed by atoms with Gasteiger partial charge >= 0.3 is 0 Å². The van der Waals surface area contributed by atoms with Crippen molar-refractivity contribution in [1.29, 1.82) is 0 Å². The molecule has 0 unspecified atom stereocenters. The molecule has 0 aromatic heterocycles. The first-order chi connectivity index (χ1) is 15.7. The van der Waals surface area contributed by atoms with Crippen molar-refractivity contribution in [2.24, 2.45) is 4.99 Å². The lowest BCUT2D eigenvalue weighted by Gasteiger charge is -2.27. The topological polar surface area (TPSA) is 52.1 Å². The molecule has 2 N–H and O–H groups in total. The first-order valence-corrected chi connectivity index (χ1v) is 11.8. The largest absolute Gasteiger partial charge is 0.379 e. The van der Waals surface area contributed by atoms with Crippen molar-refractivity contribution < 1.29 is 4.74 Å². The van der Waals surface area contributed by atoms with Crippen molar-refractivity contribution in [2.75, 3.05) is 46.4 Å². The molecule has 0 bridgehead atoms. The van der Waals surface area contributed by atoms with Gasteiger partial charge < -0.3 is 15.4 Å². The zero-order valence-corrected chi connectivity index (χ0v) is 19.9. The molecule has 3 rings (SSSR count). The zero-order valence-electron chi connectivity index (χ0n) is 19.9. The number of nitrogens with zero attached hydrogens (tertiary/aromatic N) is 3. The van der Waals surface area contributed by atoms with Crippen molar-refractivity contribution in [3.63, 3.8) is 0 Å². The van der Waals surface area contributed by atoms with Crippen LogP contribution in [-0.4, -0.2) is 62.2 Å². The Balaban J connectivity index is 1.49. The second kappa shape index (κ2) is 13.2. The van der Waals surface area contributed by atoms with Crippen LogP contribution >= 0.6 is 0 Å². The van der Waals surface area contributed by atoms with Gasteiger partial charge in [0.05, 0.1) is 13.2 Å². The number of aliphatic imine (C=N–C) groups is 1. The van der Waals surface area contributed by atoms with Gasteiger partial charge in [0.1, 0.15) is 0 Å². The highest BCUT2D eigenvalue weighted by atomic mass is 16.5. The molecular weight excluding hydrogens is 398 g/mol. The van der Waals surface area contributed by atoms with E-state index in [1.54, 1.807) is 0 Å². The third-order valence-corrected chi connectivity index (χ3v) is 6.07. The van der Waals surface area contributed by atoms with Gasteiger partial charge in [0.25, 0.3) is 0 Å². The summed E-state index contributed by atoms with van der Waals surface area (Å²) >= 11 is 0. The van der Waals surface area contributed by atoms with Gasteiger partial charge in [-0.25, -0.2) is 0 Å². The summed E-state index contributed by atoms with van der Waals surface area (Å²) in [6.07, 6.45) is 0. The Morgan fingerprint density at radius 2 is 1.53 bits per heavy atom. The van der Waals surface area contributed by atoms with E-state index in [2.05, 4.69) is 87.8 Å². The second-order valence-electron chi connectivity index (χ2n) is 8.21. The highest BCUT2D eigenvalue weighted by Crippen LogP contribution is 2.13. The van der Waals surface area contributed by atoms with E-state index in [1.807, 2.05) is 7.05 Å². The van der Waals surface area contributed by atoms with Crippen LogP contribution in [0, 0.1) is 0 Å². The average Bonchev–Trinajstić information content (AvgIpc) is 2.85. The Morgan fingerprint density at radius 3 is 2.19 bits per heavy atom. The fourth-order valence-corrected chi connectivity index (χ4v) is 3.94. The van der Waals surface area contributed by atoms with Gasteiger partial charge in [0.15, 0.2) is 5.96 Å². The number of guanidine groups is 1. The van der Waals surface area contributed by atoms with E-state index in [1.165, 1.54) is 22.3 Å². The molecule has 174 valence electrons. The molecule has 32 heavy (non-hydrogen) atoms.